The first-order valence-corrected chi connectivity index (χ1v) is 15.2. The van der Waals surface area contributed by atoms with Crippen LogP contribution in [0.3, 0.4) is 0 Å². The number of hydrogen-bond donors (Lipinski definition) is 2. The summed E-state index contributed by atoms with van der Waals surface area (Å²) in [5, 5.41) is 12.2. The molecule has 1 aromatic carbocycles. The van der Waals surface area contributed by atoms with Crippen molar-refractivity contribution in [2.24, 2.45) is 0 Å². The van der Waals surface area contributed by atoms with E-state index < -0.39 is 21.9 Å². The van der Waals surface area contributed by atoms with Gasteiger partial charge >= 0.3 is 12.0 Å². The molecule has 0 bridgehead atoms. The van der Waals surface area contributed by atoms with E-state index in [1.54, 1.807) is 6.92 Å². The van der Waals surface area contributed by atoms with E-state index in [2.05, 4.69) is 61.2 Å². The minimum atomic E-state index is -0.976. The molecule has 1 fully saturated rings. The zero-order valence-corrected chi connectivity index (χ0v) is 26.8. The van der Waals surface area contributed by atoms with Crippen LogP contribution in [0.5, 0.6) is 17.8 Å². The first kappa shape index (κ1) is 32.9. The Morgan fingerprint density at radius 2 is 1.84 bits per heavy atom. The van der Waals surface area contributed by atoms with Crippen molar-refractivity contribution >= 4 is 27.5 Å². The quantitative estimate of drug-likeness (QED) is 0.215. The molecule has 2 aliphatic rings. The van der Waals surface area contributed by atoms with Crippen molar-refractivity contribution in [3.63, 3.8) is 0 Å². The Bertz CT molecular complexity index is 1260. The normalized spacial score (nSPS) is 23.0. The van der Waals surface area contributed by atoms with Crippen molar-refractivity contribution in [1.82, 2.24) is 20.2 Å². The lowest BCUT2D eigenvalue weighted by Crippen LogP contribution is -2.55. The highest BCUT2D eigenvalue weighted by Gasteiger charge is 2.51. The highest BCUT2D eigenvalue weighted by Crippen LogP contribution is 2.48. The standard InChI is InChI=1S/C31H41BrN4O7/c1-22(28(37)38)33-20-24-26(39-3)34-29(35-27(24)40-4)42-21-31(43-17-9-14-36-15-18-41-19-16-36)13-8-12-25(30(31,2)32)23-10-6-5-7-11-23/h5-8,10-13,22,33H,9,14-21H2,1-4H3,(H,37,38). The summed E-state index contributed by atoms with van der Waals surface area (Å²) < 4.78 is 28.8. The number of alkyl halides is 1. The van der Waals surface area contributed by atoms with Crippen LogP contribution in [0.1, 0.15) is 31.4 Å². The summed E-state index contributed by atoms with van der Waals surface area (Å²) in [7, 11) is 2.95. The molecule has 1 saturated heterocycles. The largest absolute Gasteiger partial charge is 0.481 e. The zero-order chi connectivity index (χ0) is 30.9. The maximum atomic E-state index is 11.3. The maximum Gasteiger partial charge on any atom is 0.323 e. The van der Waals surface area contributed by atoms with Crippen molar-refractivity contribution in [2.75, 3.05) is 60.3 Å². The summed E-state index contributed by atoms with van der Waals surface area (Å²) in [6.45, 7) is 8.63. The highest BCUT2D eigenvalue weighted by molar-refractivity contribution is 9.10. The number of rotatable bonds is 15. The Morgan fingerprint density at radius 3 is 2.47 bits per heavy atom. The number of nitrogens with zero attached hydrogens (tertiary/aromatic N) is 3. The third kappa shape index (κ3) is 7.93. The molecule has 2 heterocycles. The molecule has 3 atom stereocenters. The van der Waals surface area contributed by atoms with E-state index in [0.717, 1.165) is 50.4 Å². The van der Waals surface area contributed by atoms with Gasteiger partial charge in [-0.1, -0.05) is 58.4 Å². The molecule has 3 unspecified atom stereocenters. The van der Waals surface area contributed by atoms with Gasteiger partial charge in [0.25, 0.3) is 0 Å². The minimum absolute atomic E-state index is 0.0486. The molecule has 1 aliphatic carbocycles. The predicted molar refractivity (Wildman–Crippen MR) is 166 cm³/mol. The monoisotopic (exact) mass is 660 g/mol. The van der Waals surface area contributed by atoms with Gasteiger partial charge in [0.1, 0.15) is 18.2 Å². The van der Waals surface area contributed by atoms with Crippen molar-refractivity contribution in [1.29, 1.82) is 0 Å². The number of aliphatic carboxylic acids is 1. The molecule has 0 radical (unpaired) electrons. The van der Waals surface area contributed by atoms with Gasteiger partial charge in [0.15, 0.2) is 0 Å². The molecule has 1 aliphatic heterocycles. The zero-order valence-electron chi connectivity index (χ0n) is 25.2. The van der Waals surface area contributed by atoms with Crippen LogP contribution in [0, 0.1) is 0 Å². The van der Waals surface area contributed by atoms with Crippen LogP contribution >= 0.6 is 15.9 Å². The topological polar surface area (TPSA) is 125 Å². The molecule has 2 aromatic rings. The Hall–Kier alpha value is -3.03. The van der Waals surface area contributed by atoms with Gasteiger partial charge in [0.2, 0.25) is 11.8 Å². The summed E-state index contributed by atoms with van der Waals surface area (Å²) in [5.74, 6) is -0.535. The van der Waals surface area contributed by atoms with Gasteiger partial charge in [-0.05, 0) is 37.5 Å². The van der Waals surface area contributed by atoms with Crippen LogP contribution in [0.2, 0.25) is 0 Å². The highest BCUT2D eigenvalue weighted by atomic mass is 79.9. The van der Waals surface area contributed by atoms with Crippen LogP contribution in [0.15, 0.2) is 48.6 Å². The number of benzene rings is 1. The van der Waals surface area contributed by atoms with Gasteiger partial charge in [-0.15, -0.1) is 0 Å². The van der Waals surface area contributed by atoms with Gasteiger partial charge < -0.3 is 34.1 Å². The van der Waals surface area contributed by atoms with Crippen LogP contribution in [-0.2, 0) is 20.8 Å². The molecule has 11 nitrogen and oxygen atoms in total. The minimum Gasteiger partial charge on any atom is -0.481 e. The molecule has 2 N–H and O–H groups in total. The average molecular weight is 662 g/mol. The number of carbonyl (C=O) groups is 1. The molecule has 234 valence electrons. The Balaban J connectivity index is 1.57. The van der Waals surface area contributed by atoms with E-state index >= 15 is 0 Å². The van der Waals surface area contributed by atoms with Crippen molar-refractivity contribution in [2.45, 2.75) is 42.8 Å². The van der Waals surface area contributed by atoms with Crippen LogP contribution in [-0.4, -0.2) is 102 Å². The van der Waals surface area contributed by atoms with Crippen molar-refractivity contribution in [3.8, 4) is 17.8 Å². The van der Waals surface area contributed by atoms with E-state index in [-0.39, 0.29) is 30.9 Å². The van der Waals surface area contributed by atoms with Gasteiger partial charge in [-0.25, -0.2) is 0 Å². The fourth-order valence-electron chi connectivity index (χ4n) is 5.09. The lowest BCUT2D eigenvalue weighted by molar-refractivity contribution is -0.139. The maximum absolute atomic E-state index is 11.3. The molecular weight excluding hydrogens is 620 g/mol. The number of halogens is 1. The van der Waals surface area contributed by atoms with Crippen molar-refractivity contribution < 1.29 is 33.6 Å². The molecule has 4 rings (SSSR count). The van der Waals surface area contributed by atoms with Crippen molar-refractivity contribution in [3.05, 3.63) is 59.7 Å². The third-order valence-corrected chi connectivity index (χ3v) is 8.86. The van der Waals surface area contributed by atoms with E-state index in [1.807, 2.05) is 30.4 Å². The predicted octanol–water partition coefficient (Wildman–Crippen LogP) is 3.72. The molecule has 1 aromatic heterocycles. The first-order valence-electron chi connectivity index (χ1n) is 14.4. The second-order valence-corrected chi connectivity index (χ2v) is 12.2. The number of carboxylic acid groups (broad SMARTS) is 1. The Kier molecular flexibility index (Phi) is 11.6. The molecule has 12 heteroatoms. The lowest BCUT2D eigenvalue weighted by atomic mass is 9.77. The van der Waals surface area contributed by atoms with E-state index in [9.17, 15) is 9.90 Å². The van der Waals surface area contributed by atoms with E-state index in [1.165, 1.54) is 14.2 Å². The van der Waals surface area contributed by atoms with Gasteiger partial charge in [0.05, 0.1) is 37.3 Å². The smallest absolute Gasteiger partial charge is 0.323 e. The Labute approximate surface area is 261 Å². The fraction of sp³-hybridized carbons (Fsp3) is 0.516. The van der Waals surface area contributed by atoms with Crippen LogP contribution in [0.4, 0.5) is 0 Å². The molecule has 0 amide bonds. The molecule has 0 spiro atoms. The molecule has 43 heavy (non-hydrogen) atoms. The summed E-state index contributed by atoms with van der Waals surface area (Å²) >= 11 is 4.04. The number of hydrogen-bond acceptors (Lipinski definition) is 10. The average Bonchev–Trinajstić information content (AvgIpc) is 3.02. The van der Waals surface area contributed by atoms with Crippen LogP contribution < -0.4 is 19.5 Å². The number of morpholine rings is 1. The summed E-state index contributed by atoms with van der Waals surface area (Å²) in [5.41, 5.74) is 1.69. The van der Waals surface area contributed by atoms with Gasteiger partial charge in [-0.2, -0.15) is 9.97 Å². The first-order chi connectivity index (χ1) is 20.7. The second-order valence-electron chi connectivity index (χ2n) is 10.6. The SMILES string of the molecule is COc1nc(OCC2(OCCCN3CCOCC3)C=CC=C(c3ccccc3)C2(C)Br)nc(OC)c1CNC(C)C(=O)O. The van der Waals surface area contributed by atoms with Crippen LogP contribution in [0.25, 0.3) is 5.57 Å². The molecule has 0 saturated carbocycles. The number of nitrogens with one attached hydrogen (secondary N) is 1. The molecular formula is C31H41BrN4O7. The van der Waals surface area contributed by atoms with Gasteiger partial charge in [0, 0.05) is 32.8 Å². The number of methoxy groups -OCH3 is 2. The number of ether oxygens (including phenoxy) is 5. The second kappa shape index (κ2) is 15.1. The van der Waals surface area contributed by atoms with E-state index in [0.29, 0.717) is 12.2 Å². The third-order valence-electron chi connectivity index (χ3n) is 7.76. The fourth-order valence-corrected chi connectivity index (χ4v) is 5.82. The van der Waals surface area contributed by atoms with Gasteiger partial charge in [-0.3, -0.25) is 9.69 Å². The summed E-state index contributed by atoms with van der Waals surface area (Å²) in [4.78, 5) is 22.6. The summed E-state index contributed by atoms with van der Waals surface area (Å²) in [6.07, 6.45) is 6.94. The lowest BCUT2D eigenvalue weighted by Gasteiger charge is -2.46. The summed E-state index contributed by atoms with van der Waals surface area (Å²) in [6, 6.07) is 9.43. The Morgan fingerprint density at radius 1 is 1.16 bits per heavy atom. The number of allylic oxidation sites excluding steroid dienone is 2. The number of carboxylic acids is 1. The number of aromatic nitrogens is 2. The van der Waals surface area contributed by atoms with E-state index in [4.69, 9.17) is 23.7 Å².